The van der Waals surface area contributed by atoms with Gasteiger partial charge < -0.3 is 15.8 Å². The van der Waals surface area contributed by atoms with E-state index in [1.807, 2.05) is 18.2 Å². The van der Waals surface area contributed by atoms with Crippen LogP contribution in [0.1, 0.15) is 43.0 Å². The smallest absolute Gasteiger partial charge is 0.189 e. The highest BCUT2D eigenvalue weighted by Crippen LogP contribution is 2.31. The van der Waals surface area contributed by atoms with Gasteiger partial charge in [0.25, 0.3) is 0 Å². The SMILES string of the molecule is CC(C)C(CN=C(N)NC1CCOc2ccccc21)N1CCc2ccccc2C1. The molecule has 154 valence electrons. The molecule has 0 radical (unpaired) electrons. The number of rotatable bonds is 5. The molecule has 2 aliphatic rings. The number of nitrogens with two attached hydrogens (primary N) is 1. The number of fused-ring (bicyclic) bond motifs is 2. The number of nitrogens with one attached hydrogen (secondary N) is 1. The highest BCUT2D eigenvalue weighted by molar-refractivity contribution is 5.78. The highest BCUT2D eigenvalue weighted by atomic mass is 16.5. The molecule has 2 heterocycles. The van der Waals surface area contributed by atoms with Crippen molar-refractivity contribution in [3.63, 3.8) is 0 Å². The quantitative estimate of drug-likeness (QED) is 0.604. The lowest BCUT2D eigenvalue weighted by Gasteiger charge is -2.37. The Morgan fingerprint density at radius 2 is 1.93 bits per heavy atom. The van der Waals surface area contributed by atoms with Crippen LogP contribution in [0.3, 0.4) is 0 Å². The summed E-state index contributed by atoms with van der Waals surface area (Å²) in [5, 5.41) is 3.42. The zero-order valence-electron chi connectivity index (χ0n) is 17.5. The average Bonchev–Trinajstić information content (AvgIpc) is 2.74. The minimum absolute atomic E-state index is 0.156. The lowest BCUT2D eigenvalue weighted by Crippen LogP contribution is -2.45. The Kier molecular flexibility index (Phi) is 6.05. The molecule has 2 aromatic carbocycles. The molecule has 0 fully saturated rings. The van der Waals surface area contributed by atoms with Crippen molar-refractivity contribution in [2.75, 3.05) is 19.7 Å². The number of para-hydroxylation sites is 1. The van der Waals surface area contributed by atoms with E-state index in [0.717, 1.165) is 37.2 Å². The van der Waals surface area contributed by atoms with Crippen LogP contribution in [0.2, 0.25) is 0 Å². The van der Waals surface area contributed by atoms with Gasteiger partial charge >= 0.3 is 0 Å². The van der Waals surface area contributed by atoms with E-state index in [1.54, 1.807) is 0 Å². The summed E-state index contributed by atoms with van der Waals surface area (Å²) in [5.74, 6) is 1.98. The number of guanidine groups is 1. The standard InChI is InChI=1S/C24H32N4O/c1-17(2)22(28-13-11-18-7-3-4-8-19(18)16-28)15-26-24(25)27-21-12-14-29-23-10-6-5-9-20(21)23/h3-10,17,21-22H,11-16H2,1-2H3,(H3,25,26,27). The molecule has 3 N–H and O–H groups in total. The minimum Gasteiger partial charge on any atom is -0.493 e. The van der Waals surface area contributed by atoms with Crippen molar-refractivity contribution >= 4 is 5.96 Å². The van der Waals surface area contributed by atoms with Gasteiger partial charge in [-0.3, -0.25) is 9.89 Å². The summed E-state index contributed by atoms with van der Waals surface area (Å²) in [4.78, 5) is 7.31. The van der Waals surface area contributed by atoms with Crippen molar-refractivity contribution < 1.29 is 4.74 Å². The van der Waals surface area contributed by atoms with Gasteiger partial charge in [0.05, 0.1) is 19.2 Å². The van der Waals surface area contributed by atoms with E-state index >= 15 is 0 Å². The third kappa shape index (κ3) is 4.56. The number of hydrogen-bond acceptors (Lipinski definition) is 3. The first-order chi connectivity index (χ1) is 14.1. The maximum Gasteiger partial charge on any atom is 0.189 e. The molecule has 0 aromatic heterocycles. The number of benzene rings is 2. The van der Waals surface area contributed by atoms with Crippen LogP contribution in [0.5, 0.6) is 5.75 Å². The van der Waals surface area contributed by atoms with E-state index in [0.29, 0.717) is 31.1 Å². The Balaban J connectivity index is 1.41. The molecule has 0 bridgehead atoms. The Morgan fingerprint density at radius 1 is 1.17 bits per heavy atom. The largest absolute Gasteiger partial charge is 0.493 e. The van der Waals surface area contributed by atoms with Gasteiger partial charge in [0.2, 0.25) is 0 Å². The second-order valence-corrected chi connectivity index (χ2v) is 8.40. The van der Waals surface area contributed by atoms with Crippen molar-refractivity contribution in [3.05, 3.63) is 65.2 Å². The van der Waals surface area contributed by atoms with Gasteiger partial charge in [-0.1, -0.05) is 56.3 Å². The maximum atomic E-state index is 6.30. The Hall–Kier alpha value is -2.53. The summed E-state index contributed by atoms with van der Waals surface area (Å²) in [5.41, 5.74) is 10.4. The molecule has 0 spiro atoms. The fourth-order valence-electron chi connectivity index (χ4n) is 4.46. The predicted octanol–water partition coefficient (Wildman–Crippen LogP) is 3.50. The van der Waals surface area contributed by atoms with Crippen LogP contribution in [-0.2, 0) is 13.0 Å². The lowest BCUT2D eigenvalue weighted by molar-refractivity contribution is 0.144. The summed E-state index contributed by atoms with van der Waals surface area (Å²) in [6, 6.07) is 17.5. The second-order valence-electron chi connectivity index (χ2n) is 8.40. The first kappa shape index (κ1) is 19.8. The van der Waals surface area contributed by atoms with Crippen molar-refractivity contribution in [1.82, 2.24) is 10.2 Å². The van der Waals surface area contributed by atoms with E-state index in [9.17, 15) is 0 Å². The van der Waals surface area contributed by atoms with Crippen molar-refractivity contribution in [3.8, 4) is 5.75 Å². The van der Waals surface area contributed by atoms with E-state index in [1.165, 1.54) is 11.1 Å². The topological polar surface area (TPSA) is 62.9 Å². The first-order valence-corrected chi connectivity index (χ1v) is 10.7. The van der Waals surface area contributed by atoms with Gasteiger partial charge in [0, 0.05) is 31.1 Å². The molecule has 2 aromatic rings. The van der Waals surface area contributed by atoms with E-state index in [4.69, 9.17) is 15.5 Å². The molecule has 0 aliphatic carbocycles. The summed E-state index contributed by atoms with van der Waals surface area (Å²) in [6.07, 6.45) is 2.00. The molecule has 0 saturated carbocycles. The summed E-state index contributed by atoms with van der Waals surface area (Å²) in [6.45, 7) is 8.04. The fraction of sp³-hybridized carbons (Fsp3) is 0.458. The van der Waals surface area contributed by atoms with Gasteiger partial charge in [-0.05, 0) is 29.5 Å². The van der Waals surface area contributed by atoms with Gasteiger partial charge in [0.1, 0.15) is 5.75 Å². The Labute approximate surface area is 174 Å². The maximum absolute atomic E-state index is 6.30. The molecule has 5 heteroatoms. The molecule has 2 atom stereocenters. The van der Waals surface area contributed by atoms with Crippen LogP contribution in [0.25, 0.3) is 0 Å². The van der Waals surface area contributed by atoms with Crippen LogP contribution in [0.4, 0.5) is 0 Å². The van der Waals surface area contributed by atoms with Gasteiger partial charge in [-0.15, -0.1) is 0 Å². The van der Waals surface area contributed by atoms with Crippen LogP contribution >= 0.6 is 0 Å². The molecular weight excluding hydrogens is 360 g/mol. The molecule has 5 nitrogen and oxygen atoms in total. The molecule has 2 aliphatic heterocycles. The lowest BCUT2D eigenvalue weighted by atomic mass is 9.95. The van der Waals surface area contributed by atoms with Crippen LogP contribution in [0.15, 0.2) is 53.5 Å². The first-order valence-electron chi connectivity index (χ1n) is 10.7. The normalized spacial score (nSPS) is 20.5. The van der Waals surface area contributed by atoms with Gasteiger partial charge in [-0.25, -0.2) is 0 Å². The summed E-state index contributed by atoms with van der Waals surface area (Å²) >= 11 is 0. The molecule has 29 heavy (non-hydrogen) atoms. The average molecular weight is 393 g/mol. The number of hydrogen-bond donors (Lipinski definition) is 2. The zero-order chi connectivity index (χ0) is 20.2. The van der Waals surface area contributed by atoms with E-state index in [-0.39, 0.29) is 6.04 Å². The highest BCUT2D eigenvalue weighted by Gasteiger charge is 2.26. The molecular formula is C24H32N4O. The summed E-state index contributed by atoms with van der Waals surface area (Å²) < 4.78 is 5.75. The third-order valence-corrected chi connectivity index (χ3v) is 6.13. The number of aliphatic imine (C=N–C) groups is 1. The molecule has 4 rings (SSSR count). The number of ether oxygens (including phenoxy) is 1. The van der Waals surface area contributed by atoms with Gasteiger partial charge in [-0.2, -0.15) is 0 Å². The Bertz CT molecular complexity index is 863. The van der Waals surface area contributed by atoms with Crippen molar-refractivity contribution in [2.45, 2.75) is 45.3 Å². The fourth-order valence-corrected chi connectivity index (χ4v) is 4.46. The van der Waals surface area contributed by atoms with E-state index < -0.39 is 0 Å². The van der Waals surface area contributed by atoms with Crippen LogP contribution in [0, 0.1) is 5.92 Å². The molecule has 0 saturated heterocycles. The van der Waals surface area contributed by atoms with Crippen molar-refractivity contribution in [2.24, 2.45) is 16.6 Å². The number of nitrogens with zero attached hydrogens (tertiary/aromatic N) is 2. The second kappa shape index (κ2) is 8.87. The summed E-state index contributed by atoms with van der Waals surface area (Å²) in [7, 11) is 0. The Morgan fingerprint density at radius 3 is 2.76 bits per heavy atom. The van der Waals surface area contributed by atoms with Crippen LogP contribution < -0.4 is 15.8 Å². The molecule has 0 amide bonds. The van der Waals surface area contributed by atoms with E-state index in [2.05, 4.69) is 54.4 Å². The third-order valence-electron chi connectivity index (χ3n) is 6.13. The monoisotopic (exact) mass is 392 g/mol. The van der Waals surface area contributed by atoms with Crippen molar-refractivity contribution in [1.29, 1.82) is 0 Å². The molecule has 2 unspecified atom stereocenters. The van der Waals surface area contributed by atoms with Crippen LogP contribution in [-0.4, -0.2) is 36.6 Å². The predicted molar refractivity (Wildman–Crippen MR) is 118 cm³/mol. The zero-order valence-corrected chi connectivity index (χ0v) is 17.5. The minimum atomic E-state index is 0.156. The van der Waals surface area contributed by atoms with Gasteiger partial charge in [0.15, 0.2) is 5.96 Å².